The summed E-state index contributed by atoms with van der Waals surface area (Å²) in [5, 5.41) is 8.95. The lowest BCUT2D eigenvalue weighted by Crippen LogP contribution is -2.11. The number of carbonyl (C=O) groups is 1. The number of aromatic nitrogens is 4. The zero-order valence-corrected chi connectivity index (χ0v) is 15.7. The summed E-state index contributed by atoms with van der Waals surface area (Å²) in [4.78, 5) is 21.5. The van der Waals surface area contributed by atoms with Crippen molar-refractivity contribution in [3.63, 3.8) is 0 Å². The third kappa shape index (κ3) is 3.52. The summed E-state index contributed by atoms with van der Waals surface area (Å²) in [5.41, 5.74) is 2.55. The number of fused-ring (bicyclic) bond motifs is 1. The van der Waals surface area contributed by atoms with Crippen LogP contribution in [0.5, 0.6) is 11.6 Å². The summed E-state index contributed by atoms with van der Waals surface area (Å²) in [7, 11) is 0. The highest BCUT2D eigenvalue weighted by atomic mass is 32.1. The molecule has 0 aliphatic heterocycles. The van der Waals surface area contributed by atoms with Crippen molar-refractivity contribution in [2.45, 2.75) is 20.3 Å². The number of thiophene rings is 1. The molecule has 0 saturated carbocycles. The lowest BCUT2D eigenvalue weighted by atomic mass is 10.2. The molecule has 3 heterocycles. The topological polar surface area (TPSA) is 81.4 Å². The number of hydrogen-bond donors (Lipinski definition) is 1. The second kappa shape index (κ2) is 7.16. The molecule has 7 nitrogen and oxygen atoms in total. The number of ether oxygens (including phenoxy) is 1. The predicted molar refractivity (Wildman–Crippen MR) is 104 cm³/mol. The van der Waals surface area contributed by atoms with Crippen LogP contribution in [-0.2, 0) is 6.42 Å². The van der Waals surface area contributed by atoms with Gasteiger partial charge in [-0.15, -0.1) is 11.3 Å². The molecule has 0 aliphatic carbocycles. The van der Waals surface area contributed by atoms with Crippen molar-refractivity contribution in [1.82, 2.24) is 19.6 Å². The zero-order chi connectivity index (χ0) is 18.8. The smallest absolute Gasteiger partial charge is 0.265 e. The number of anilines is 1. The SMILES string of the molecule is CCc1cc(Oc2ccc(NC(=O)c3sccc3C)cc2)n2ncnc2n1. The van der Waals surface area contributed by atoms with Gasteiger partial charge in [0.1, 0.15) is 12.1 Å². The molecule has 1 N–H and O–H groups in total. The number of rotatable bonds is 5. The van der Waals surface area contributed by atoms with E-state index in [9.17, 15) is 4.79 Å². The fraction of sp³-hybridized carbons (Fsp3) is 0.158. The van der Waals surface area contributed by atoms with Crippen molar-refractivity contribution < 1.29 is 9.53 Å². The van der Waals surface area contributed by atoms with Crippen molar-refractivity contribution >= 4 is 28.7 Å². The molecule has 0 saturated heterocycles. The zero-order valence-electron chi connectivity index (χ0n) is 14.8. The van der Waals surface area contributed by atoms with E-state index in [1.807, 2.05) is 31.4 Å². The van der Waals surface area contributed by atoms with Crippen LogP contribution in [0.1, 0.15) is 27.9 Å². The molecule has 0 fully saturated rings. The van der Waals surface area contributed by atoms with E-state index in [0.717, 1.165) is 17.7 Å². The molecular formula is C19H17N5O2S. The number of carbonyl (C=O) groups excluding carboxylic acids is 1. The van der Waals surface area contributed by atoms with Gasteiger partial charge in [0.15, 0.2) is 0 Å². The van der Waals surface area contributed by atoms with Gasteiger partial charge in [-0.25, -0.2) is 4.98 Å². The average Bonchev–Trinajstić information content (AvgIpc) is 3.32. The quantitative estimate of drug-likeness (QED) is 0.564. The van der Waals surface area contributed by atoms with Crippen molar-refractivity contribution in [1.29, 1.82) is 0 Å². The van der Waals surface area contributed by atoms with E-state index in [0.29, 0.717) is 28.0 Å². The third-order valence-corrected chi connectivity index (χ3v) is 5.05. The molecule has 4 rings (SSSR count). The van der Waals surface area contributed by atoms with Gasteiger partial charge in [-0.2, -0.15) is 14.6 Å². The molecule has 0 unspecified atom stereocenters. The number of aryl methyl sites for hydroxylation is 2. The number of nitrogens with zero attached hydrogens (tertiary/aromatic N) is 4. The van der Waals surface area contributed by atoms with Gasteiger partial charge in [-0.1, -0.05) is 6.92 Å². The molecule has 4 aromatic rings. The summed E-state index contributed by atoms with van der Waals surface area (Å²) in [5.74, 6) is 1.56. The van der Waals surface area contributed by atoms with Gasteiger partial charge in [0.2, 0.25) is 5.88 Å². The maximum Gasteiger partial charge on any atom is 0.265 e. The Labute approximate surface area is 159 Å². The maximum absolute atomic E-state index is 12.3. The Morgan fingerprint density at radius 3 is 2.78 bits per heavy atom. The fourth-order valence-electron chi connectivity index (χ4n) is 2.61. The van der Waals surface area contributed by atoms with Crippen LogP contribution in [0.3, 0.4) is 0 Å². The number of amides is 1. The Bertz CT molecular complexity index is 1100. The Kier molecular flexibility index (Phi) is 4.55. The molecular weight excluding hydrogens is 362 g/mol. The van der Waals surface area contributed by atoms with Crippen LogP contribution in [-0.4, -0.2) is 25.5 Å². The van der Waals surface area contributed by atoms with Crippen molar-refractivity contribution in [3.8, 4) is 11.6 Å². The summed E-state index contributed by atoms with van der Waals surface area (Å²) < 4.78 is 7.50. The first-order valence-corrected chi connectivity index (χ1v) is 9.35. The highest BCUT2D eigenvalue weighted by Gasteiger charge is 2.12. The molecule has 0 aliphatic rings. The number of hydrogen-bond acceptors (Lipinski definition) is 6. The van der Waals surface area contributed by atoms with Crippen LogP contribution in [0.2, 0.25) is 0 Å². The van der Waals surface area contributed by atoms with E-state index in [-0.39, 0.29) is 5.91 Å². The average molecular weight is 379 g/mol. The Morgan fingerprint density at radius 2 is 2.07 bits per heavy atom. The monoisotopic (exact) mass is 379 g/mol. The van der Waals surface area contributed by atoms with E-state index in [1.165, 1.54) is 17.7 Å². The van der Waals surface area contributed by atoms with Crippen LogP contribution >= 0.6 is 11.3 Å². The van der Waals surface area contributed by atoms with Gasteiger partial charge in [-0.3, -0.25) is 4.79 Å². The molecule has 8 heteroatoms. The largest absolute Gasteiger partial charge is 0.439 e. The predicted octanol–water partition coefficient (Wildman–Crippen LogP) is 4.10. The first-order valence-electron chi connectivity index (χ1n) is 8.47. The molecule has 3 aromatic heterocycles. The lowest BCUT2D eigenvalue weighted by Gasteiger charge is -2.09. The summed E-state index contributed by atoms with van der Waals surface area (Å²) >= 11 is 1.43. The molecule has 27 heavy (non-hydrogen) atoms. The van der Waals surface area contributed by atoms with Crippen molar-refractivity contribution in [2.75, 3.05) is 5.32 Å². The van der Waals surface area contributed by atoms with Gasteiger partial charge in [0, 0.05) is 17.4 Å². The maximum atomic E-state index is 12.3. The van der Waals surface area contributed by atoms with Gasteiger partial charge < -0.3 is 10.1 Å². The van der Waals surface area contributed by atoms with Crippen molar-refractivity contribution in [2.24, 2.45) is 0 Å². The van der Waals surface area contributed by atoms with Crippen LogP contribution in [0.15, 0.2) is 48.1 Å². The van der Waals surface area contributed by atoms with Gasteiger partial charge in [0.25, 0.3) is 11.7 Å². The van der Waals surface area contributed by atoms with Gasteiger partial charge in [-0.05, 0) is 54.6 Å². The minimum absolute atomic E-state index is 0.109. The molecule has 0 bridgehead atoms. The molecule has 0 atom stereocenters. The first kappa shape index (κ1) is 17.2. The molecule has 1 aromatic carbocycles. The Balaban J connectivity index is 1.52. The highest BCUT2D eigenvalue weighted by molar-refractivity contribution is 7.12. The molecule has 136 valence electrons. The van der Waals surface area contributed by atoms with Crippen LogP contribution < -0.4 is 10.1 Å². The molecule has 0 radical (unpaired) electrons. The van der Waals surface area contributed by atoms with E-state index >= 15 is 0 Å². The highest BCUT2D eigenvalue weighted by Crippen LogP contribution is 2.24. The van der Waals surface area contributed by atoms with Crippen LogP contribution in [0.25, 0.3) is 5.78 Å². The fourth-order valence-corrected chi connectivity index (χ4v) is 3.43. The standard InChI is InChI=1S/C19H17N5O2S/c1-3-13-10-16(24-19(23-13)20-11-21-24)26-15-6-4-14(5-7-15)22-18(25)17-12(2)8-9-27-17/h4-11H,3H2,1-2H3,(H,22,25). The molecule has 1 amide bonds. The number of nitrogens with one attached hydrogen (secondary N) is 1. The van der Waals surface area contributed by atoms with Gasteiger partial charge in [0.05, 0.1) is 4.88 Å². The van der Waals surface area contributed by atoms with Crippen LogP contribution in [0.4, 0.5) is 5.69 Å². The van der Waals surface area contributed by atoms with Crippen molar-refractivity contribution in [3.05, 3.63) is 64.2 Å². The van der Waals surface area contributed by atoms with E-state index in [2.05, 4.69) is 20.4 Å². The van der Waals surface area contributed by atoms with Gasteiger partial charge >= 0.3 is 0 Å². The Hall–Kier alpha value is -3.26. The van der Waals surface area contributed by atoms with E-state index < -0.39 is 0 Å². The van der Waals surface area contributed by atoms with E-state index in [1.54, 1.807) is 28.8 Å². The Morgan fingerprint density at radius 1 is 1.26 bits per heavy atom. The van der Waals surface area contributed by atoms with Crippen LogP contribution in [0, 0.1) is 6.92 Å². The second-order valence-electron chi connectivity index (χ2n) is 5.92. The van der Waals surface area contributed by atoms with E-state index in [4.69, 9.17) is 4.74 Å². The first-order chi connectivity index (χ1) is 13.1. The second-order valence-corrected chi connectivity index (χ2v) is 6.84. The number of benzene rings is 1. The minimum atomic E-state index is -0.109. The minimum Gasteiger partial charge on any atom is -0.439 e. The summed E-state index contributed by atoms with van der Waals surface area (Å²) in [6.45, 7) is 3.94. The third-order valence-electron chi connectivity index (χ3n) is 4.04. The molecule has 0 spiro atoms. The lowest BCUT2D eigenvalue weighted by molar-refractivity contribution is 0.103. The summed E-state index contributed by atoms with van der Waals surface area (Å²) in [6, 6.07) is 11.0. The normalized spacial score (nSPS) is 10.9. The summed E-state index contributed by atoms with van der Waals surface area (Å²) in [6.07, 6.45) is 2.21.